The van der Waals surface area contributed by atoms with E-state index >= 15 is 0 Å². The number of aliphatic hydroxyl groups is 1. The van der Waals surface area contributed by atoms with Crippen LogP contribution >= 0.6 is 0 Å². The van der Waals surface area contributed by atoms with Gasteiger partial charge in [0.2, 0.25) is 5.91 Å². The van der Waals surface area contributed by atoms with Crippen LogP contribution in [0, 0.1) is 0 Å². The van der Waals surface area contributed by atoms with E-state index in [0.717, 1.165) is 37.2 Å². The van der Waals surface area contributed by atoms with Gasteiger partial charge in [-0.3, -0.25) is 9.69 Å². The second-order valence-electron chi connectivity index (χ2n) is 5.60. The number of benzene rings is 1. The standard InChI is InChI=1S/C17H25N3O2/c1-2-9-18-17(22)12-20-10-7-15(8-11-20)19-16-6-4-3-5-14(16)13-21/h2-6,15,19,21H,1,7-13H2,(H,18,22). The minimum Gasteiger partial charge on any atom is -0.392 e. The smallest absolute Gasteiger partial charge is 0.234 e. The molecule has 0 spiro atoms. The second-order valence-corrected chi connectivity index (χ2v) is 5.60. The number of carbonyl (C=O) groups is 1. The summed E-state index contributed by atoms with van der Waals surface area (Å²) in [5, 5.41) is 15.7. The van der Waals surface area contributed by atoms with E-state index in [0.29, 0.717) is 19.1 Å². The highest BCUT2D eigenvalue weighted by atomic mass is 16.3. The minimum atomic E-state index is 0.0471. The molecule has 5 nitrogen and oxygen atoms in total. The largest absolute Gasteiger partial charge is 0.392 e. The number of hydrogen-bond acceptors (Lipinski definition) is 4. The van der Waals surface area contributed by atoms with Gasteiger partial charge in [0.15, 0.2) is 0 Å². The molecule has 1 heterocycles. The number of amides is 1. The van der Waals surface area contributed by atoms with Crippen molar-refractivity contribution in [3.8, 4) is 0 Å². The summed E-state index contributed by atoms with van der Waals surface area (Å²) in [7, 11) is 0. The third-order valence-corrected chi connectivity index (χ3v) is 3.95. The van der Waals surface area contributed by atoms with Gasteiger partial charge in [0, 0.05) is 36.9 Å². The normalized spacial score (nSPS) is 16.2. The number of likely N-dealkylation sites (tertiary alicyclic amines) is 1. The van der Waals surface area contributed by atoms with Gasteiger partial charge < -0.3 is 15.7 Å². The Kier molecular flexibility index (Phi) is 6.43. The van der Waals surface area contributed by atoms with Crippen molar-refractivity contribution in [2.75, 3.05) is 31.5 Å². The average molecular weight is 303 g/mol. The van der Waals surface area contributed by atoms with Crippen LogP contribution in [0.15, 0.2) is 36.9 Å². The first kappa shape index (κ1) is 16.5. The Morgan fingerprint density at radius 2 is 2.09 bits per heavy atom. The van der Waals surface area contributed by atoms with Gasteiger partial charge in [-0.25, -0.2) is 0 Å². The predicted molar refractivity (Wildman–Crippen MR) is 88.7 cm³/mol. The molecule has 0 atom stereocenters. The number of rotatable bonds is 7. The molecule has 0 aliphatic carbocycles. The number of hydrogen-bond donors (Lipinski definition) is 3. The fraction of sp³-hybridized carbons (Fsp3) is 0.471. The molecule has 0 bridgehead atoms. The van der Waals surface area contributed by atoms with Crippen molar-refractivity contribution in [1.82, 2.24) is 10.2 Å². The van der Waals surface area contributed by atoms with Crippen LogP contribution in [0.3, 0.4) is 0 Å². The molecule has 5 heteroatoms. The van der Waals surface area contributed by atoms with E-state index in [1.54, 1.807) is 6.08 Å². The number of piperidine rings is 1. The van der Waals surface area contributed by atoms with Crippen LogP contribution in [-0.4, -0.2) is 48.1 Å². The number of para-hydroxylation sites is 1. The summed E-state index contributed by atoms with van der Waals surface area (Å²) in [5.74, 6) is 0.0527. The molecule has 1 fully saturated rings. The summed E-state index contributed by atoms with van der Waals surface area (Å²) in [6, 6.07) is 8.23. The lowest BCUT2D eigenvalue weighted by Crippen LogP contribution is -2.44. The molecule has 0 saturated carbocycles. The monoisotopic (exact) mass is 303 g/mol. The second kappa shape index (κ2) is 8.56. The van der Waals surface area contributed by atoms with E-state index < -0.39 is 0 Å². The molecule has 120 valence electrons. The molecular weight excluding hydrogens is 278 g/mol. The van der Waals surface area contributed by atoms with Gasteiger partial charge in [-0.2, -0.15) is 0 Å². The number of anilines is 1. The fourth-order valence-corrected chi connectivity index (χ4v) is 2.70. The Balaban J connectivity index is 1.77. The number of nitrogens with one attached hydrogen (secondary N) is 2. The Bertz CT molecular complexity index is 496. The molecule has 0 radical (unpaired) electrons. The lowest BCUT2D eigenvalue weighted by Gasteiger charge is -2.32. The lowest BCUT2D eigenvalue weighted by atomic mass is 10.0. The number of carbonyl (C=O) groups excluding carboxylic acids is 1. The zero-order valence-corrected chi connectivity index (χ0v) is 12.9. The quantitative estimate of drug-likeness (QED) is 0.666. The van der Waals surface area contributed by atoms with Gasteiger partial charge in [0.25, 0.3) is 0 Å². The molecule has 1 amide bonds. The molecule has 0 unspecified atom stereocenters. The Labute approximate surface area is 132 Å². The van der Waals surface area contributed by atoms with Crippen molar-refractivity contribution in [2.24, 2.45) is 0 Å². The molecule has 2 rings (SSSR count). The third kappa shape index (κ3) is 4.86. The highest BCUT2D eigenvalue weighted by Gasteiger charge is 2.21. The molecular formula is C17H25N3O2. The van der Waals surface area contributed by atoms with Crippen LogP contribution in [-0.2, 0) is 11.4 Å². The van der Waals surface area contributed by atoms with E-state index in [1.807, 2.05) is 24.3 Å². The molecule has 1 aliphatic rings. The van der Waals surface area contributed by atoms with Gasteiger partial charge in [-0.15, -0.1) is 6.58 Å². The summed E-state index contributed by atoms with van der Waals surface area (Å²) in [5.41, 5.74) is 1.93. The zero-order valence-electron chi connectivity index (χ0n) is 12.9. The molecule has 1 aromatic rings. The van der Waals surface area contributed by atoms with Crippen molar-refractivity contribution in [1.29, 1.82) is 0 Å². The molecule has 1 aromatic carbocycles. The van der Waals surface area contributed by atoms with Crippen molar-refractivity contribution in [3.05, 3.63) is 42.5 Å². The first-order chi connectivity index (χ1) is 10.7. The van der Waals surface area contributed by atoms with Gasteiger partial charge in [0.1, 0.15) is 0 Å². The summed E-state index contributed by atoms with van der Waals surface area (Å²) in [4.78, 5) is 13.9. The van der Waals surface area contributed by atoms with Gasteiger partial charge in [0.05, 0.1) is 13.2 Å². The molecule has 1 aliphatic heterocycles. The Morgan fingerprint density at radius 1 is 1.36 bits per heavy atom. The van der Waals surface area contributed by atoms with Crippen LogP contribution in [0.5, 0.6) is 0 Å². The van der Waals surface area contributed by atoms with Crippen molar-refractivity contribution in [2.45, 2.75) is 25.5 Å². The average Bonchev–Trinajstić information content (AvgIpc) is 2.55. The minimum absolute atomic E-state index is 0.0471. The lowest BCUT2D eigenvalue weighted by molar-refractivity contribution is -0.122. The summed E-state index contributed by atoms with van der Waals surface area (Å²) >= 11 is 0. The highest BCUT2D eigenvalue weighted by molar-refractivity contribution is 5.78. The predicted octanol–water partition coefficient (Wildman–Crippen LogP) is 1.36. The molecule has 0 aromatic heterocycles. The van der Waals surface area contributed by atoms with E-state index in [9.17, 15) is 9.90 Å². The van der Waals surface area contributed by atoms with Crippen LogP contribution < -0.4 is 10.6 Å². The zero-order chi connectivity index (χ0) is 15.8. The topological polar surface area (TPSA) is 64.6 Å². The third-order valence-electron chi connectivity index (χ3n) is 3.95. The van der Waals surface area contributed by atoms with Gasteiger partial charge >= 0.3 is 0 Å². The SMILES string of the molecule is C=CCNC(=O)CN1CCC(Nc2ccccc2CO)CC1. The molecule has 22 heavy (non-hydrogen) atoms. The van der Waals surface area contributed by atoms with E-state index in [2.05, 4.69) is 22.1 Å². The van der Waals surface area contributed by atoms with E-state index in [4.69, 9.17) is 0 Å². The van der Waals surface area contributed by atoms with Crippen LogP contribution in [0.25, 0.3) is 0 Å². The van der Waals surface area contributed by atoms with Crippen LogP contribution in [0.4, 0.5) is 5.69 Å². The van der Waals surface area contributed by atoms with Crippen LogP contribution in [0.1, 0.15) is 18.4 Å². The maximum absolute atomic E-state index is 11.7. The van der Waals surface area contributed by atoms with E-state index in [-0.39, 0.29) is 12.5 Å². The van der Waals surface area contributed by atoms with Crippen molar-refractivity contribution < 1.29 is 9.90 Å². The summed E-state index contributed by atoms with van der Waals surface area (Å²) in [6.07, 6.45) is 3.68. The van der Waals surface area contributed by atoms with Gasteiger partial charge in [-0.1, -0.05) is 24.3 Å². The van der Waals surface area contributed by atoms with Crippen molar-refractivity contribution in [3.63, 3.8) is 0 Å². The number of nitrogens with zero attached hydrogens (tertiary/aromatic N) is 1. The Hall–Kier alpha value is -1.85. The summed E-state index contributed by atoms with van der Waals surface area (Å²) < 4.78 is 0. The van der Waals surface area contributed by atoms with E-state index in [1.165, 1.54) is 0 Å². The fourth-order valence-electron chi connectivity index (χ4n) is 2.70. The Morgan fingerprint density at radius 3 is 2.77 bits per heavy atom. The van der Waals surface area contributed by atoms with Crippen LogP contribution in [0.2, 0.25) is 0 Å². The molecule has 3 N–H and O–H groups in total. The first-order valence-electron chi connectivity index (χ1n) is 7.78. The highest BCUT2D eigenvalue weighted by Crippen LogP contribution is 2.20. The van der Waals surface area contributed by atoms with Crippen molar-refractivity contribution >= 4 is 11.6 Å². The molecule has 1 saturated heterocycles. The van der Waals surface area contributed by atoms with Gasteiger partial charge in [-0.05, 0) is 18.9 Å². The number of aliphatic hydroxyl groups excluding tert-OH is 1. The summed E-state index contributed by atoms with van der Waals surface area (Å²) in [6.45, 7) is 6.42. The maximum Gasteiger partial charge on any atom is 0.234 e. The maximum atomic E-state index is 11.7. The first-order valence-corrected chi connectivity index (χ1v) is 7.78.